The molecule has 14 heavy (non-hydrogen) atoms. The maximum atomic E-state index is 6.08. The fourth-order valence-electron chi connectivity index (χ4n) is 2.09. The molecule has 0 radical (unpaired) electrons. The number of benzene rings is 1. The van der Waals surface area contributed by atoms with Crippen molar-refractivity contribution in [2.45, 2.75) is 32.2 Å². The molecular weight excluding hydrogens is 172 g/mol. The van der Waals surface area contributed by atoms with Gasteiger partial charge in [-0.15, -0.1) is 0 Å². The number of para-hydroxylation sites is 1. The van der Waals surface area contributed by atoms with E-state index in [1.807, 2.05) is 0 Å². The van der Waals surface area contributed by atoms with E-state index in [2.05, 4.69) is 37.4 Å². The maximum absolute atomic E-state index is 6.08. The first-order valence-corrected chi connectivity index (χ1v) is 5.32. The third kappa shape index (κ3) is 1.50. The molecule has 1 unspecified atom stereocenters. The van der Waals surface area contributed by atoms with Crippen LogP contribution in [-0.2, 0) is 0 Å². The van der Waals surface area contributed by atoms with Crippen molar-refractivity contribution in [3.8, 4) is 0 Å². The van der Waals surface area contributed by atoms with Crippen molar-refractivity contribution in [1.82, 2.24) is 0 Å². The second-order valence-electron chi connectivity index (χ2n) is 4.29. The highest BCUT2D eigenvalue weighted by atomic mass is 14.9. The van der Waals surface area contributed by atoms with E-state index in [9.17, 15) is 0 Å². The molecule has 0 spiro atoms. The van der Waals surface area contributed by atoms with Gasteiger partial charge in [-0.1, -0.05) is 32.0 Å². The summed E-state index contributed by atoms with van der Waals surface area (Å²) in [6.07, 6.45) is 1.04. The Morgan fingerprint density at radius 1 is 1.43 bits per heavy atom. The van der Waals surface area contributed by atoms with Crippen LogP contribution in [0.4, 0.5) is 5.69 Å². The first-order valence-electron chi connectivity index (χ1n) is 5.32. The quantitative estimate of drug-likeness (QED) is 0.714. The summed E-state index contributed by atoms with van der Waals surface area (Å²) in [7, 11) is 0. The van der Waals surface area contributed by atoms with Gasteiger partial charge in [0.05, 0.1) is 0 Å². The Morgan fingerprint density at radius 2 is 2.21 bits per heavy atom. The largest absolute Gasteiger partial charge is 0.384 e. The lowest BCUT2D eigenvalue weighted by molar-refractivity contribution is 0.650. The van der Waals surface area contributed by atoms with Crippen LogP contribution in [0.5, 0.6) is 0 Å². The van der Waals surface area contributed by atoms with Crippen LogP contribution < -0.4 is 11.1 Å². The minimum Gasteiger partial charge on any atom is -0.384 e. The molecule has 1 aliphatic heterocycles. The third-order valence-corrected chi connectivity index (χ3v) is 2.91. The highest BCUT2D eigenvalue weighted by molar-refractivity contribution is 5.61. The van der Waals surface area contributed by atoms with E-state index in [0.717, 1.165) is 13.0 Å². The van der Waals surface area contributed by atoms with Gasteiger partial charge in [0.2, 0.25) is 0 Å². The van der Waals surface area contributed by atoms with E-state index in [1.54, 1.807) is 0 Å². The molecule has 1 aliphatic rings. The molecule has 3 N–H and O–H groups in total. The summed E-state index contributed by atoms with van der Waals surface area (Å²) in [5, 5.41) is 3.46. The Kier molecular flexibility index (Phi) is 2.46. The van der Waals surface area contributed by atoms with Crippen LogP contribution in [0.3, 0.4) is 0 Å². The van der Waals surface area contributed by atoms with Crippen molar-refractivity contribution in [3.63, 3.8) is 0 Å². The number of hydrogen-bond acceptors (Lipinski definition) is 2. The second kappa shape index (κ2) is 3.62. The van der Waals surface area contributed by atoms with Crippen molar-refractivity contribution >= 4 is 5.69 Å². The van der Waals surface area contributed by atoms with E-state index >= 15 is 0 Å². The van der Waals surface area contributed by atoms with E-state index in [0.29, 0.717) is 5.92 Å². The average molecular weight is 190 g/mol. The lowest BCUT2D eigenvalue weighted by atomic mass is 9.91. The monoisotopic (exact) mass is 190 g/mol. The minimum atomic E-state index is 0.213. The van der Waals surface area contributed by atoms with E-state index < -0.39 is 0 Å². The normalized spacial score (nSPS) is 20.4. The lowest BCUT2D eigenvalue weighted by Crippen LogP contribution is -2.23. The zero-order valence-electron chi connectivity index (χ0n) is 8.88. The molecule has 0 fully saturated rings. The Balaban J connectivity index is 2.49. The Morgan fingerprint density at radius 3 is 2.93 bits per heavy atom. The molecule has 1 heterocycles. The summed E-state index contributed by atoms with van der Waals surface area (Å²) in [5.74, 6) is 0.558. The van der Waals surface area contributed by atoms with Gasteiger partial charge in [-0.25, -0.2) is 0 Å². The van der Waals surface area contributed by atoms with Gasteiger partial charge < -0.3 is 11.1 Å². The number of hydrogen-bond donors (Lipinski definition) is 2. The van der Waals surface area contributed by atoms with Gasteiger partial charge in [-0.3, -0.25) is 0 Å². The van der Waals surface area contributed by atoms with Gasteiger partial charge in [0.15, 0.2) is 0 Å². The number of anilines is 1. The van der Waals surface area contributed by atoms with Gasteiger partial charge >= 0.3 is 0 Å². The van der Waals surface area contributed by atoms with Crippen LogP contribution in [0.25, 0.3) is 0 Å². The summed E-state index contributed by atoms with van der Waals surface area (Å²) in [6.45, 7) is 5.44. The Bertz CT molecular complexity index is 317. The van der Waals surface area contributed by atoms with Crippen molar-refractivity contribution in [2.24, 2.45) is 5.73 Å². The highest BCUT2D eigenvalue weighted by Crippen LogP contribution is 2.34. The molecule has 1 aromatic rings. The first kappa shape index (κ1) is 9.53. The van der Waals surface area contributed by atoms with Gasteiger partial charge in [-0.05, 0) is 23.5 Å². The van der Waals surface area contributed by atoms with E-state index in [1.165, 1.54) is 16.8 Å². The van der Waals surface area contributed by atoms with Crippen molar-refractivity contribution in [3.05, 3.63) is 29.3 Å². The maximum Gasteiger partial charge on any atom is 0.0423 e. The molecule has 2 heteroatoms. The molecule has 0 bridgehead atoms. The van der Waals surface area contributed by atoms with Crippen LogP contribution in [0.15, 0.2) is 18.2 Å². The Labute approximate surface area is 85.5 Å². The number of nitrogens with two attached hydrogens (primary N) is 1. The number of fused-ring (bicyclic) bond motifs is 1. The van der Waals surface area contributed by atoms with Crippen LogP contribution in [0.2, 0.25) is 0 Å². The number of rotatable bonds is 1. The molecule has 2 rings (SSSR count). The summed E-state index contributed by atoms with van der Waals surface area (Å²) in [6, 6.07) is 6.65. The SMILES string of the molecule is CC(C)c1cccc2c1NCCC2N. The predicted molar refractivity (Wildman–Crippen MR) is 60.6 cm³/mol. The van der Waals surface area contributed by atoms with Crippen molar-refractivity contribution < 1.29 is 0 Å². The molecule has 0 aliphatic carbocycles. The van der Waals surface area contributed by atoms with Crippen LogP contribution in [-0.4, -0.2) is 6.54 Å². The van der Waals surface area contributed by atoms with Crippen LogP contribution in [0, 0.1) is 0 Å². The smallest absolute Gasteiger partial charge is 0.0423 e. The molecule has 2 nitrogen and oxygen atoms in total. The summed E-state index contributed by atoms with van der Waals surface area (Å²) < 4.78 is 0. The molecule has 1 atom stereocenters. The van der Waals surface area contributed by atoms with Gasteiger partial charge in [0.25, 0.3) is 0 Å². The molecule has 0 amide bonds. The van der Waals surface area contributed by atoms with Gasteiger partial charge in [-0.2, -0.15) is 0 Å². The predicted octanol–water partition coefficient (Wildman–Crippen LogP) is 2.63. The Hall–Kier alpha value is -1.02. The molecule has 0 saturated heterocycles. The topological polar surface area (TPSA) is 38.0 Å². The zero-order valence-corrected chi connectivity index (χ0v) is 8.88. The molecule has 0 saturated carbocycles. The van der Waals surface area contributed by atoms with Crippen LogP contribution in [0.1, 0.15) is 43.4 Å². The first-order chi connectivity index (χ1) is 6.70. The number of nitrogens with one attached hydrogen (secondary N) is 1. The van der Waals surface area contributed by atoms with E-state index in [4.69, 9.17) is 5.73 Å². The summed E-state index contributed by atoms with van der Waals surface area (Å²) in [5.41, 5.74) is 10.0. The molecule has 76 valence electrons. The minimum absolute atomic E-state index is 0.213. The zero-order chi connectivity index (χ0) is 10.1. The van der Waals surface area contributed by atoms with Crippen molar-refractivity contribution in [1.29, 1.82) is 0 Å². The highest BCUT2D eigenvalue weighted by Gasteiger charge is 2.19. The summed E-state index contributed by atoms with van der Waals surface area (Å²) in [4.78, 5) is 0. The molecular formula is C12H18N2. The van der Waals surface area contributed by atoms with Gasteiger partial charge in [0.1, 0.15) is 0 Å². The van der Waals surface area contributed by atoms with Gasteiger partial charge in [0, 0.05) is 18.3 Å². The second-order valence-corrected chi connectivity index (χ2v) is 4.29. The van der Waals surface area contributed by atoms with E-state index in [-0.39, 0.29) is 6.04 Å². The molecule has 0 aromatic heterocycles. The van der Waals surface area contributed by atoms with Crippen molar-refractivity contribution in [2.75, 3.05) is 11.9 Å². The summed E-state index contributed by atoms with van der Waals surface area (Å²) >= 11 is 0. The molecule has 1 aromatic carbocycles. The lowest BCUT2D eigenvalue weighted by Gasteiger charge is -2.27. The third-order valence-electron chi connectivity index (χ3n) is 2.91. The fraction of sp³-hybridized carbons (Fsp3) is 0.500. The fourth-order valence-corrected chi connectivity index (χ4v) is 2.09. The van der Waals surface area contributed by atoms with Crippen LogP contribution >= 0.6 is 0 Å². The standard InChI is InChI=1S/C12H18N2/c1-8(2)9-4-3-5-10-11(13)6-7-14-12(9)10/h3-5,8,11,14H,6-7,13H2,1-2H3. The average Bonchev–Trinajstić information content (AvgIpc) is 2.17.